The second-order valence-electron chi connectivity index (χ2n) is 7.01. The van der Waals surface area contributed by atoms with E-state index in [9.17, 15) is 9.59 Å². The Hall–Kier alpha value is -3.02. The molecule has 0 unspecified atom stereocenters. The predicted octanol–water partition coefficient (Wildman–Crippen LogP) is 3.05. The third-order valence-corrected chi connectivity index (χ3v) is 4.83. The molecule has 1 heterocycles. The van der Waals surface area contributed by atoms with Crippen LogP contribution in [0.3, 0.4) is 0 Å². The standard InChI is InChI=1S/C21H26N4O2/c1-14-5-6-15(2)17(11-14)24-20(26)13-23-18-12-16(21(22)27)7-8-19(18)25-9-3-4-10-25/h5-8,11-12,23H,3-4,9-10,13H2,1-2H3,(H2,22,27)(H,24,26). The van der Waals surface area contributed by atoms with E-state index in [-0.39, 0.29) is 12.5 Å². The van der Waals surface area contributed by atoms with Gasteiger partial charge in [0.05, 0.1) is 17.9 Å². The smallest absolute Gasteiger partial charge is 0.248 e. The quantitative estimate of drug-likeness (QED) is 0.733. The van der Waals surface area contributed by atoms with Crippen molar-refractivity contribution < 1.29 is 9.59 Å². The van der Waals surface area contributed by atoms with Crippen LogP contribution in [0.5, 0.6) is 0 Å². The van der Waals surface area contributed by atoms with Crippen molar-refractivity contribution in [2.24, 2.45) is 5.73 Å². The summed E-state index contributed by atoms with van der Waals surface area (Å²) in [4.78, 5) is 26.2. The zero-order valence-corrected chi connectivity index (χ0v) is 15.8. The number of aryl methyl sites for hydroxylation is 2. The minimum Gasteiger partial charge on any atom is -0.374 e. The average Bonchev–Trinajstić information content (AvgIpc) is 3.17. The maximum absolute atomic E-state index is 12.4. The Labute approximate surface area is 159 Å². The first-order valence-corrected chi connectivity index (χ1v) is 9.24. The zero-order chi connectivity index (χ0) is 19.4. The summed E-state index contributed by atoms with van der Waals surface area (Å²) in [6.45, 7) is 6.00. The van der Waals surface area contributed by atoms with Gasteiger partial charge in [0, 0.05) is 24.3 Å². The van der Waals surface area contributed by atoms with Crippen LogP contribution < -0.4 is 21.3 Å². The molecule has 2 aromatic rings. The summed E-state index contributed by atoms with van der Waals surface area (Å²) in [5.74, 6) is -0.619. The van der Waals surface area contributed by atoms with Gasteiger partial charge in [-0.05, 0) is 62.1 Å². The SMILES string of the molecule is Cc1ccc(C)c(NC(=O)CNc2cc(C(N)=O)ccc2N2CCCC2)c1. The van der Waals surface area contributed by atoms with Gasteiger partial charge < -0.3 is 21.3 Å². The monoisotopic (exact) mass is 366 g/mol. The molecule has 0 saturated carbocycles. The number of nitrogens with one attached hydrogen (secondary N) is 2. The van der Waals surface area contributed by atoms with Gasteiger partial charge in [0.2, 0.25) is 11.8 Å². The number of hydrogen-bond donors (Lipinski definition) is 3. The normalized spacial score (nSPS) is 13.5. The van der Waals surface area contributed by atoms with Gasteiger partial charge in [-0.2, -0.15) is 0 Å². The third-order valence-electron chi connectivity index (χ3n) is 4.83. The topological polar surface area (TPSA) is 87.5 Å². The van der Waals surface area contributed by atoms with Crippen molar-refractivity contribution in [2.75, 3.05) is 35.2 Å². The first-order valence-electron chi connectivity index (χ1n) is 9.24. The molecule has 2 amide bonds. The van der Waals surface area contributed by atoms with E-state index < -0.39 is 5.91 Å². The van der Waals surface area contributed by atoms with E-state index in [4.69, 9.17) is 5.73 Å². The number of nitrogens with zero attached hydrogens (tertiary/aromatic N) is 1. The van der Waals surface area contributed by atoms with Gasteiger partial charge in [0.1, 0.15) is 0 Å². The number of rotatable bonds is 6. The van der Waals surface area contributed by atoms with Gasteiger partial charge in [0.15, 0.2) is 0 Å². The molecule has 6 heteroatoms. The van der Waals surface area contributed by atoms with Crippen LogP contribution in [-0.4, -0.2) is 31.4 Å². The lowest BCUT2D eigenvalue weighted by molar-refractivity contribution is -0.114. The number of carbonyl (C=O) groups excluding carboxylic acids is 2. The van der Waals surface area contributed by atoms with E-state index in [1.807, 2.05) is 38.1 Å². The van der Waals surface area contributed by atoms with Gasteiger partial charge >= 0.3 is 0 Å². The fourth-order valence-electron chi connectivity index (χ4n) is 3.31. The Kier molecular flexibility index (Phi) is 5.64. The number of carbonyl (C=O) groups is 2. The second kappa shape index (κ2) is 8.12. The fourth-order valence-corrected chi connectivity index (χ4v) is 3.31. The van der Waals surface area contributed by atoms with Crippen LogP contribution >= 0.6 is 0 Å². The molecule has 142 valence electrons. The third kappa shape index (κ3) is 4.58. The second-order valence-corrected chi connectivity index (χ2v) is 7.01. The van der Waals surface area contributed by atoms with E-state index in [1.54, 1.807) is 12.1 Å². The molecule has 2 aromatic carbocycles. The Morgan fingerprint density at radius 3 is 2.48 bits per heavy atom. The van der Waals surface area contributed by atoms with E-state index >= 15 is 0 Å². The van der Waals surface area contributed by atoms with Crippen LogP contribution in [0.4, 0.5) is 17.1 Å². The molecular weight excluding hydrogens is 340 g/mol. The number of anilines is 3. The highest BCUT2D eigenvalue weighted by molar-refractivity contribution is 5.97. The van der Waals surface area contributed by atoms with E-state index in [0.29, 0.717) is 5.56 Å². The number of hydrogen-bond acceptors (Lipinski definition) is 4. The maximum Gasteiger partial charge on any atom is 0.248 e. The van der Waals surface area contributed by atoms with Crippen molar-refractivity contribution in [2.45, 2.75) is 26.7 Å². The lowest BCUT2D eigenvalue weighted by atomic mass is 10.1. The van der Waals surface area contributed by atoms with Crippen LogP contribution in [0, 0.1) is 13.8 Å². The molecule has 0 aliphatic carbocycles. The summed E-state index contributed by atoms with van der Waals surface area (Å²) >= 11 is 0. The Balaban J connectivity index is 1.73. The fraction of sp³-hybridized carbons (Fsp3) is 0.333. The molecule has 6 nitrogen and oxygen atoms in total. The molecule has 0 atom stereocenters. The summed E-state index contributed by atoms with van der Waals surface area (Å²) in [6.07, 6.45) is 2.29. The number of amides is 2. The highest BCUT2D eigenvalue weighted by Crippen LogP contribution is 2.30. The molecule has 27 heavy (non-hydrogen) atoms. The van der Waals surface area contributed by atoms with Crippen LogP contribution in [0.15, 0.2) is 36.4 Å². The van der Waals surface area contributed by atoms with Gasteiger partial charge in [-0.3, -0.25) is 9.59 Å². The van der Waals surface area contributed by atoms with Crippen LogP contribution in [0.2, 0.25) is 0 Å². The maximum atomic E-state index is 12.4. The summed E-state index contributed by atoms with van der Waals surface area (Å²) in [6, 6.07) is 11.3. The van der Waals surface area contributed by atoms with Crippen molar-refractivity contribution in [3.8, 4) is 0 Å². The van der Waals surface area contributed by atoms with Crippen LogP contribution in [0.25, 0.3) is 0 Å². The number of primary amides is 1. The summed E-state index contributed by atoms with van der Waals surface area (Å²) in [7, 11) is 0. The first kappa shape index (κ1) is 18.8. The predicted molar refractivity (Wildman–Crippen MR) is 109 cm³/mol. The average molecular weight is 366 g/mol. The molecule has 1 aliphatic heterocycles. The highest BCUT2D eigenvalue weighted by Gasteiger charge is 2.17. The number of nitrogens with two attached hydrogens (primary N) is 1. The van der Waals surface area contributed by atoms with Crippen molar-refractivity contribution >= 4 is 28.9 Å². The van der Waals surface area contributed by atoms with Gasteiger partial charge in [-0.1, -0.05) is 12.1 Å². The molecule has 0 aromatic heterocycles. The molecule has 1 aliphatic rings. The minimum absolute atomic E-state index is 0.108. The van der Waals surface area contributed by atoms with Gasteiger partial charge in [0.25, 0.3) is 0 Å². The first-order chi connectivity index (χ1) is 12.9. The lowest BCUT2D eigenvalue weighted by Crippen LogP contribution is -2.25. The summed E-state index contributed by atoms with van der Waals surface area (Å²) in [5.41, 5.74) is 10.5. The molecule has 1 fully saturated rings. The molecule has 0 radical (unpaired) electrons. The Bertz CT molecular complexity index is 857. The molecule has 4 N–H and O–H groups in total. The Morgan fingerprint density at radius 2 is 1.78 bits per heavy atom. The molecular formula is C21H26N4O2. The zero-order valence-electron chi connectivity index (χ0n) is 15.8. The Morgan fingerprint density at radius 1 is 1.04 bits per heavy atom. The largest absolute Gasteiger partial charge is 0.374 e. The van der Waals surface area contributed by atoms with E-state index in [2.05, 4.69) is 15.5 Å². The summed E-state index contributed by atoms with van der Waals surface area (Å²) in [5, 5.41) is 6.12. The van der Waals surface area contributed by atoms with Crippen molar-refractivity contribution in [1.82, 2.24) is 0 Å². The minimum atomic E-state index is -0.481. The molecule has 0 bridgehead atoms. The number of benzene rings is 2. The van der Waals surface area contributed by atoms with Crippen molar-refractivity contribution in [3.05, 3.63) is 53.1 Å². The molecule has 1 saturated heterocycles. The highest BCUT2D eigenvalue weighted by atomic mass is 16.2. The van der Waals surface area contributed by atoms with E-state index in [0.717, 1.165) is 54.1 Å². The summed E-state index contributed by atoms with van der Waals surface area (Å²) < 4.78 is 0. The van der Waals surface area contributed by atoms with Gasteiger partial charge in [-0.15, -0.1) is 0 Å². The molecule has 0 spiro atoms. The molecule has 3 rings (SSSR count). The van der Waals surface area contributed by atoms with Crippen molar-refractivity contribution in [1.29, 1.82) is 0 Å². The lowest BCUT2D eigenvalue weighted by Gasteiger charge is -2.22. The van der Waals surface area contributed by atoms with Crippen molar-refractivity contribution in [3.63, 3.8) is 0 Å². The van der Waals surface area contributed by atoms with Gasteiger partial charge in [-0.25, -0.2) is 0 Å². The van der Waals surface area contributed by atoms with E-state index in [1.165, 1.54) is 0 Å². The van der Waals surface area contributed by atoms with Crippen LogP contribution in [-0.2, 0) is 4.79 Å². The van der Waals surface area contributed by atoms with Crippen LogP contribution in [0.1, 0.15) is 34.3 Å².